The number of nitrogens with one attached hydrogen (secondary N) is 2. The molecule has 2 atom stereocenters. The molecular weight excluding hydrogens is 510 g/mol. The number of anilines is 1. The van der Waals surface area contributed by atoms with Crippen LogP contribution in [0.1, 0.15) is 41.9 Å². The average molecular weight is 536 g/mol. The van der Waals surface area contributed by atoms with Gasteiger partial charge < -0.3 is 25.9 Å². The fraction of sp³-hybridized carbons (Fsp3) is 0.192. The van der Waals surface area contributed by atoms with Gasteiger partial charge in [0.1, 0.15) is 23.2 Å². The first-order valence-corrected chi connectivity index (χ1v) is 12.4. The summed E-state index contributed by atoms with van der Waals surface area (Å²) in [7, 11) is 0. The first kappa shape index (κ1) is 26.4. The van der Waals surface area contributed by atoms with Crippen molar-refractivity contribution >= 4 is 34.1 Å². The van der Waals surface area contributed by atoms with E-state index in [0.29, 0.717) is 11.3 Å². The number of aromatic nitrogens is 3. The van der Waals surface area contributed by atoms with Crippen LogP contribution in [0.3, 0.4) is 0 Å². The number of hydrogen-bond donors (Lipinski definition) is 4. The molecule has 0 radical (unpaired) electrons. The van der Waals surface area contributed by atoms with Crippen molar-refractivity contribution in [2.75, 3.05) is 11.9 Å². The van der Waals surface area contributed by atoms with Crippen LogP contribution in [-0.4, -0.2) is 43.8 Å². The van der Waals surface area contributed by atoms with Gasteiger partial charge in [0.05, 0.1) is 0 Å². The number of carbonyl (C=O) groups excluding carboxylic acids is 3. The number of hydrogen-bond acceptors (Lipinski definition) is 8. The van der Waals surface area contributed by atoms with Crippen LogP contribution in [0.2, 0.25) is 0 Å². The number of ether oxygens (including phenoxy) is 1. The maximum atomic E-state index is 13.6. The number of thiazole rings is 1. The number of rotatable bonds is 10. The van der Waals surface area contributed by atoms with Gasteiger partial charge >= 0.3 is 5.69 Å². The number of nitrogens with zero attached hydrogens (tertiary/aromatic N) is 2. The minimum absolute atomic E-state index is 0.0997. The molecule has 5 N–H and O–H groups in total. The van der Waals surface area contributed by atoms with Gasteiger partial charge in [0.25, 0.3) is 5.91 Å². The highest BCUT2D eigenvalue weighted by Gasteiger charge is 2.33. The van der Waals surface area contributed by atoms with Crippen LogP contribution < -0.4 is 21.5 Å². The number of ketones is 1. The van der Waals surface area contributed by atoms with E-state index in [1.165, 1.54) is 12.3 Å². The largest absolute Gasteiger partial charge is 0.493 e. The van der Waals surface area contributed by atoms with Gasteiger partial charge in [-0.05, 0) is 29.8 Å². The summed E-state index contributed by atoms with van der Waals surface area (Å²) in [5.74, 6) is -2.07. The van der Waals surface area contributed by atoms with Crippen LogP contribution in [0.15, 0.2) is 64.8 Å². The van der Waals surface area contributed by atoms with E-state index in [4.69, 9.17) is 10.5 Å². The molecule has 0 unspecified atom stereocenters. The molecule has 0 saturated carbocycles. The molecule has 196 valence electrons. The van der Waals surface area contributed by atoms with E-state index in [1.54, 1.807) is 31.2 Å². The lowest BCUT2D eigenvalue weighted by atomic mass is 9.92. The Balaban J connectivity index is 1.71. The van der Waals surface area contributed by atoms with Gasteiger partial charge in [0.15, 0.2) is 17.5 Å². The Labute approximate surface area is 220 Å². The smallest absolute Gasteiger partial charge is 0.329 e. The summed E-state index contributed by atoms with van der Waals surface area (Å²) in [6.45, 7) is 2.85. The molecule has 2 amide bonds. The van der Waals surface area contributed by atoms with Gasteiger partial charge in [0, 0.05) is 23.8 Å². The molecule has 0 aliphatic heterocycles. The lowest BCUT2D eigenvalue weighted by molar-refractivity contribution is -0.120. The van der Waals surface area contributed by atoms with E-state index in [2.05, 4.69) is 15.3 Å². The van der Waals surface area contributed by atoms with Gasteiger partial charge in [-0.1, -0.05) is 37.3 Å². The highest BCUT2D eigenvalue weighted by Crippen LogP contribution is 2.35. The number of amides is 2. The fourth-order valence-corrected chi connectivity index (χ4v) is 4.70. The standard InChI is InChI=1S/C26H25N5O6S/c1-14(16-6-4-3-5-7-16)22(23(34)30-25-28-19(13-38-25)15(2)32)31-24(35)21(29-26(31)36)17-8-10-18(11-9-17)37-12-20(27)33/h3-11,13-14,22,35H,12H2,1-2H3,(H2,27,33)(H,29,36)(H,28,30,34)/t14-,22-/m0/s1. The van der Waals surface area contributed by atoms with Crippen molar-refractivity contribution in [3.63, 3.8) is 0 Å². The first-order chi connectivity index (χ1) is 18.2. The van der Waals surface area contributed by atoms with E-state index in [0.717, 1.165) is 21.5 Å². The molecule has 0 spiro atoms. The molecule has 4 aromatic rings. The molecule has 38 heavy (non-hydrogen) atoms. The number of carbonyl (C=O) groups is 3. The monoisotopic (exact) mass is 535 g/mol. The minimum Gasteiger partial charge on any atom is -0.493 e. The zero-order valence-corrected chi connectivity index (χ0v) is 21.3. The summed E-state index contributed by atoms with van der Waals surface area (Å²) in [5, 5.41) is 15.6. The number of Topliss-reactive ketones (excluding diaryl/α,β-unsaturated/α-hetero) is 1. The number of aromatic hydroxyl groups is 1. The van der Waals surface area contributed by atoms with Gasteiger partial charge in [-0.3, -0.25) is 14.4 Å². The third-order valence-electron chi connectivity index (χ3n) is 5.87. The lowest BCUT2D eigenvalue weighted by Crippen LogP contribution is -2.35. The Kier molecular flexibility index (Phi) is 7.72. The van der Waals surface area contributed by atoms with Crippen LogP contribution >= 0.6 is 11.3 Å². The molecule has 0 saturated heterocycles. The molecule has 0 bridgehead atoms. The first-order valence-electron chi connectivity index (χ1n) is 11.5. The van der Waals surface area contributed by atoms with Crippen molar-refractivity contribution in [3.8, 4) is 22.9 Å². The van der Waals surface area contributed by atoms with Crippen LogP contribution in [0.4, 0.5) is 5.13 Å². The highest BCUT2D eigenvalue weighted by molar-refractivity contribution is 7.14. The number of imidazole rings is 1. The van der Waals surface area contributed by atoms with Crippen molar-refractivity contribution < 1.29 is 24.2 Å². The summed E-state index contributed by atoms with van der Waals surface area (Å²) >= 11 is 1.08. The topological polar surface area (TPSA) is 169 Å². The summed E-state index contributed by atoms with van der Waals surface area (Å²) in [4.78, 5) is 56.0. The van der Waals surface area contributed by atoms with Crippen LogP contribution in [-0.2, 0) is 9.59 Å². The molecule has 4 rings (SSSR count). The van der Waals surface area contributed by atoms with E-state index >= 15 is 0 Å². The summed E-state index contributed by atoms with van der Waals surface area (Å²) in [6, 6.07) is 14.2. The predicted molar refractivity (Wildman–Crippen MR) is 141 cm³/mol. The Morgan fingerprint density at radius 3 is 2.45 bits per heavy atom. The molecule has 2 aromatic heterocycles. The zero-order chi connectivity index (χ0) is 27.4. The zero-order valence-electron chi connectivity index (χ0n) is 20.5. The van der Waals surface area contributed by atoms with E-state index in [-0.39, 0.29) is 28.9 Å². The Morgan fingerprint density at radius 2 is 1.84 bits per heavy atom. The second-order valence-corrected chi connectivity index (χ2v) is 9.36. The molecular formula is C26H25N5O6S. The van der Waals surface area contributed by atoms with Crippen LogP contribution in [0.5, 0.6) is 11.6 Å². The van der Waals surface area contributed by atoms with E-state index in [9.17, 15) is 24.3 Å². The van der Waals surface area contributed by atoms with Crippen LogP contribution in [0, 0.1) is 0 Å². The van der Waals surface area contributed by atoms with Crippen molar-refractivity contribution in [1.82, 2.24) is 14.5 Å². The Morgan fingerprint density at radius 1 is 1.16 bits per heavy atom. The molecule has 2 aromatic carbocycles. The average Bonchev–Trinajstić information content (AvgIpc) is 3.48. The van der Waals surface area contributed by atoms with Gasteiger partial charge in [-0.25, -0.2) is 14.3 Å². The molecule has 11 nitrogen and oxygen atoms in total. The molecule has 2 heterocycles. The summed E-state index contributed by atoms with van der Waals surface area (Å²) in [6.07, 6.45) is 0. The quantitative estimate of drug-likeness (QED) is 0.226. The van der Waals surface area contributed by atoms with Gasteiger partial charge in [-0.15, -0.1) is 11.3 Å². The number of nitrogens with two attached hydrogens (primary N) is 1. The molecule has 12 heteroatoms. The second kappa shape index (κ2) is 11.1. The maximum Gasteiger partial charge on any atom is 0.329 e. The van der Waals surface area contributed by atoms with Crippen molar-refractivity contribution in [2.24, 2.45) is 5.73 Å². The van der Waals surface area contributed by atoms with Crippen LogP contribution in [0.25, 0.3) is 11.3 Å². The number of benzene rings is 2. The Bertz CT molecular complexity index is 1520. The van der Waals surface area contributed by atoms with Gasteiger partial charge in [-0.2, -0.15) is 0 Å². The number of aromatic amines is 1. The molecule has 0 fully saturated rings. The third kappa shape index (κ3) is 5.65. The molecule has 0 aliphatic rings. The Hall–Kier alpha value is -4.71. The number of primary amides is 1. The highest BCUT2D eigenvalue weighted by atomic mass is 32.1. The summed E-state index contributed by atoms with van der Waals surface area (Å²) in [5.41, 5.74) is 5.92. The number of H-pyrrole nitrogens is 1. The van der Waals surface area contributed by atoms with Gasteiger partial charge in [0.2, 0.25) is 11.8 Å². The van der Waals surface area contributed by atoms with Crippen molar-refractivity contribution in [3.05, 3.63) is 81.7 Å². The fourth-order valence-electron chi connectivity index (χ4n) is 3.95. The van der Waals surface area contributed by atoms with Crippen molar-refractivity contribution in [2.45, 2.75) is 25.8 Å². The van der Waals surface area contributed by atoms with Crippen molar-refractivity contribution in [1.29, 1.82) is 0 Å². The maximum absolute atomic E-state index is 13.6. The molecule has 0 aliphatic carbocycles. The SMILES string of the molecule is CC(=O)c1csc(NC(=O)[C@H]([C@@H](C)c2ccccc2)n2c(O)c(-c3ccc(OCC(N)=O)cc3)[nH]c2=O)n1. The predicted octanol–water partition coefficient (Wildman–Crippen LogP) is 3.06. The third-order valence-corrected chi connectivity index (χ3v) is 6.63. The minimum atomic E-state index is -1.17. The summed E-state index contributed by atoms with van der Waals surface area (Å²) < 4.78 is 6.25. The second-order valence-electron chi connectivity index (χ2n) is 8.51. The normalized spacial score (nSPS) is 12.5. The lowest BCUT2D eigenvalue weighted by Gasteiger charge is -2.24. The van der Waals surface area contributed by atoms with E-state index in [1.807, 2.05) is 30.3 Å². The van der Waals surface area contributed by atoms with E-state index < -0.39 is 35.3 Å².